The van der Waals surface area contributed by atoms with Gasteiger partial charge in [0, 0.05) is 47.7 Å². The van der Waals surface area contributed by atoms with E-state index in [1.165, 1.54) is 11.6 Å². The second kappa shape index (κ2) is 10.7. The number of fused-ring (bicyclic) bond motifs is 4. The Labute approximate surface area is 236 Å². The number of furan rings is 1. The summed E-state index contributed by atoms with van der Waals surface area (Å²) in [6.45, 7) is -0.237. The van der Waals surface area contributed by atoms with Crippen molar-refractivity contribution in [1.82, 2.24) is 15.0 Å². The van der Waals surface area contributed by atoms with Crippen LogP contribution in [0.1, 0.15) is 15.4 Å². The van der Waals surface area contributed by atoms with E-state index in [0.717, 1.165) is 43.4 Å². The third-order valence-electron chi connectivity index (χ3n) is 5.79. The molecule has 0 unspecified atom stereocenters. The SMILES string of the molecule is Cc1ccc(-c2[c-]cccc2)nc1.[2H]C([2H])([2H])c1ccc2c(n1)oc1c(-c3cc4ccsc4cn3)[c-]ccc12.[Ir]. The Balaban J connectivity index is 0.000000195. The Bertz CT molecular complexity index is 1920. The first-order valence-electron chi connectivity index (χ1n) is 12.8. The minimum atomic E-state index is -2.27. The molecule has 37 heavy (non-hydrogen) atoms. The van der Waals surface area contributed by atoms with Gasteiger partial charge in [0.1, 0.15) is 0 Å². The van der Waals surface area contributed by atoms with Gasteiger partial charge < -0.3 is 14.4 Å². The molecule has 0 amide bonds. The van der Waals surface area contributed by atoms with Crippen LogP contribution in [0.5, 0.6) is 0 Å². The minimum Gasteiger partial charge on any atom is -0.486 e. The monoisotopic (exact) mass is 679 g/mol. The fourth-order valence-corrected chi connectivity index (χ4v) is 4.73. The summed E-state index contributed by atoms with van der Waals surface area (Å²) in [6.07, 6.45) is 3.71. The van der Waals surface area contributed by atoms with E-state index in [1.54, 1.807) is 17.4 Å². The summed E-state index contributed by atoms with van der Waals surface area (Å²) in [5, 5.41) is 4.79. The molecule has 7 rings (SSSR count). The average molecular weight is 679 g/mol. The maximum absolute atomic E-state index is 7.53. The zero-order valence-electron chi connectivity index (χ0n) is 22.7. The third kappa shape index (κ3) is 5.09. The van der Waals surface area contributed by atoms with Gasteiger partial charge in [0.05, 0.1) is 10.3 Å². The molecule has 0 spiro atoms. The number of hydrogen-bond donors (Lipinski definition) is 0. The zero-order valence-corrected chi connectivity index (χ0v) is 22.9. The van der Waals surface area contributed by atoms with Crippen LogP contribution >= 0.6 is 11.3 Å². The number of hydrogen-bond acceptors (Lipinski definition) is 5. The first-order valence-corrected chi connectivity index (χ1v) is 12.2. The van der Waals surface area contributed by atoms with Gasteiger partial charge in [0.15, 0.2) is 0 Å². The van der Waals surface area contributed by atoms with E-state index in [-0.39, 0.29) is 25.8 Å². The number of rotatable bonds is 2. The van der Waals surface area contributed by atoms with Gasteiger partial charge in [-0.3, -0.25) is 0 Å². The van der Waals surface area contributed by atoms with Crippen LogP contribution < -0.4 is 0 Å². The second-order valence-electron chi connectivity index (χ2n) is 8.27. The minimum absolute atomic E-state index is 0. The third-order valence-corrected chi connectivity index (χ3v) is 6.66. The van der Waals surface area contributed by atoms with Crippen LogP contribution in [0.3, 0.4) is 0 Å². The Morgan fingerprint density at radius 2 is 1.81 bits per heavy atom. The van der Waals surface area contributed by atoms with Crippen LogP contribution in [0.4, 0.5) is 0 Å². The summed E-state index contributed by atoms with van der Waals surface area (Å²) in [5.74, 6) is 0. The molecule has 1 radical (unpaired) electrons. The van der Waals surface area contributed by atoms with Crippen molar-refractivity contribution in [2.75, 3.05) is 0 Å². The van der Waals surface area contributed by atoms with Crippen LogP contribution in [-0.2, 0) is 20.1 Å². The van der Waals surface area contributed by atoms with Gasteiger partial charge in [-0.15, -0.1) is 65.4 Å². The van der Waals surface area contributed by atoms with E-state index in [0.29, 0.717) is 11.3 Å². The van der Waals surface area contributed by atoms with Gasteiger partial charge in [0.2, 0.25) is 5.71 Å². The van der Waals surface area contributed by atoms with Crippen molar-refractivity contribution in [3.05, 3.63) is 114 Å². The number of thiophene rings is 1. The summed E-state index contributed by atoms with van der Waals surface area (Å²) in [7, 11) is 0. The molecular weight excluding hydrogens is 655 g/mol. The molecule has 0 aliphatic heterocycles. The van der Waals surface area contributed by atoms with Crippen molar-refractivity contribution in [1.29, 1.82) is 0 Å². The molecule has 5 heterocycles. The van der Waals surface area contributed by atoms with Crippen molar-refractivity contribution in [3.8, 4) is 22.5 Å². The van der Waals surface area contributed by atoms with Crippen molar-refractivity contribution in [2.45, 2.75) is 13.8 Å². The van der Waals surface area contributed by atoms with Crippen molar-refractivity contribution >= 4 is 43.5 Å². The van der Waals surface area contributed by atoms with E-state index in [9.17, 15) is 0 Å². The normalized spacial score (nSPS) is 12.3. The second-order valence-corrected chi connectivity index (χ2v) is 9.22. The first-order chi connectivity index (χ1) is 18.9. The van der Waals surface area contributed by atoms with Gasteiger partial charge >= 0.3 is 0 Å². The molecule has 0 bridgehead atoms. The molecule has 4 nitrogen and oxygen atoms in total. The quantitative estimate of drug-likeness (QED) is 0.173. The van der Waals surface area contributed by atoms with Crippen LogP contribution in [0.15, 0.2) is 95.0 Å². The van der Waals surface area contributed by atoms with Crippen molar-refractivity contribution in [3.63, 3.8) is 0 Å². The van der Waals surface area contributed by atoms with Crippen LogP contribution in [0.2, 0.25) is 0 Å². The number of nitrogens with zero attached hydrogens (tertiary/aromatic N) is 3. The molecular formula is C31H21IrN3OS-2. The molecule has 6 heteroatoms. The van der Waals surface area contributed by atoms with Gasteiger partial charge in [-0.1, -0.05) is 29.1 Å². The summed E-state index contributed by atoms with van der Waals surface area (Å²) in [4.78, 5) is 13.1. The predicted octanol–water partition coefficient (Wildman–Crippen LogP) is 8.22. The van der Waals surface area contributed by atoms with Crippen LogP contribution in [0, 0.1) is 25.9 Å². The Hall–Kier alpha value is -3.70. The average Bonchev–Trinajstić information content (AvgIpc) is 3.57. The van der Waals surface area contributed by atoms with E-state index >= 15 is 0 Å². The fourth-order valence-electron chi connectivity index (χ4n) is 4.00. The summed E-state index contributed by atoms with van der Waals surface area (Å²) >= 11 is 1.64. The summed E-state index contributed by atoms with van der Waals surface area (Å²) in [6, 6.07) is 29.3. The number of aryl methyl sites for hydroxylation is 2. The van der Waals surface area contributed by atoms with Crippen molar-refractivity contribution < 1.29 is 28.6 Å². The predicted molar refractivity (Wildman–Crippen MR) is 147 cm³/mol. The van der Waals surface area contributed by atoms with E-state index in [1.807, 2.05) is 79.3 Å². The molecule has 0 atom stereocenters. The van der Waals surface area contributed by atoms with Crippen molar-refractivity contribution in [2.24, 2.45) is 0 Å². The Morgan fingerprint density at radius 1 is 0.892 bits per heavy atom. The standard InChI is InChI=1S/C19H11N2OS.C12H10N.Ir/c1-11-5-6-14-13-3-2-4-15(18(13)22-19(14)21-11)16-9-12-7-8-23-17(12)10-20-16;1-10-7-8-12(13-9-10)11-5-3-2-4-6-11;/h2-3,5-10H,1H3;2-5,7-9H,1H3;/q2*-1;/i1D3;;. The number of pyridine rings is 3. The summed E-state index contributed by atoms with van der Waals surface area (Å²) in [5.41, 5.74) is 5.65. The molecule has 0 aliphatic carbocycles. The zero-order chi connectivity index (χ0) is 27.0. The number of benzene rings is 2. The molecule has 183 valence electrons. The number of aromatic nitrogens is 3. The Kier molecular flexibility index (Phi) is 6.20. The maximum atomic E-state index is 7.53. The fraction of sp³-hybridized carbons (Fsp3) is 0.0645. The van der Waals surface area contributed by atoms with Gasteiger partial charge in [-0.05, 0) is 59.7 Å². The molecule has 0 saturated carbocycles. The molecule has 5 aromatic heterocycles. The van der Waals surface area contributed by atoms with E-state index < -0.39 is 6.85 Å². The van der Waals surface area contributed by atoms with Crippen LogP contribution in [0.25, 0.3) is 54.7 Å². The van der Waals surface area contributed by atoms with Gasteiger partial charge in [-0.25, -0.2) is 4.98 Å². The molecule has 0 N–H and O–H groups in total. The maximum Gasteiger partial charge on any atom is 0.216 e. The van der Waals surface area contributed by atoms with Gasteiger partial charge in [0.25, 0.3) is 0 Å². The molecule has 2 aromatic carbocycles. The Morgan fingerprint density at radius 3 is 2.62 bits per heavy atom. The van der Waals surface area contributed by atoms with E-state index in [2.05, 4.69) is 33.2 Å². The molecule has 0 saturated heterocycles. The van der Waals surface area contributed by atoms with Gasteiger partial charge in [-0.2, -0.15) is 0 Å². The van der Waals surface area contributed by atoms with E-state index in [4.69, 9.17) is 8.53 Å². The molecule has 0 fully saturated rings. The first kappa shape index (κ1) is 21.4. The molecule has 7 aromatic rings. The molecule has 0 aliphatic rings. The topological polar surface area (TPSA) is 51.8 Å². The summed E-state index contributed by atoms with van der Waals surface area (Å²) < 4.78 is 29.7. The van der Waals surface area contributed by atoms with Crippen LogP contribution in [-0.4, -0.2) is 15.0 Å². The largest absolute Gasteiger partial charge is 0.486 e. The smallest absolute Gasteiger partial charge is 0.216 e.